The maximum atomic E-state index is 11.6. The van der Waals surface area contributed by atoms with Crippen LogP contribution in [-0.4, -0.2) is 52.9 Å². The van der Waals surface area contributed by atoms with Gasteiger partial charge in [0.2, 0.25) is 5.16 Å². The summed E-state index contributed by atoms with van der Waals surface area (Å²) < 4.78 is 21.1. The molecule has 1 fully saturated rings. The molecule has 1 saturated heterocycles. The summed E-state index contributed by atoms with van der Waals surface area (Å²) in [6.45, 7) is 0.781. The lowest BCUT2D eigenvalue weighted by Crippen LogP contribution is -2.20. The first-order valence-corrected chi connectivity index (χ1v) is 8.88. The Morgan fingerprint density at radius 3 is 2.96 bits per heavy atom. The SMILES string of the molecule is CN(C)C(=O)Sc1nsc(OCC2COC(c3ccccc3)O2)n1. The Balaban J connectivity index is 1.47. The monoisotopic (exact) mass is 367 g/mol. The Hall–Kier alpha value is -1.68. The Bertz CT molecular complexity index is 680. The zero-order valence-electron chi connectivity index (χ0n) is 13.2. The summed E-state index contributed by atoms with van der Waals surface area (Å²) in [5.41, 5.74) is 0.983. The van der Waals surface area contributed by atoms with Crippen LogP contribution < -0.4 is 4.74 Å². The normalized spacial score (nSPS) is 20.1. The third kappa shape index (κ3) is 4.44. The van der Waals surface area contributed by atoms with E-state index in [1.54, 1.807) is 14.1 Å². The molecule has 0 N–H and O–H groups in total. The fourth-order valence-electron chi connectivity index (χ4n) is 1.95. The first-order valence-electron chi connectivity index (χ1n) is 7.29. The molecule has 1 amide bonds. The second-order valence-electron chi connectivity index (χ2n) is 5.25. The van der Waals surface area contributed by atoms with Gasteiger partial charge in [-0.15, -0.1) is 0 Å². The lowest BCUT2D eigenvalue weighted by molar-refractivity contribution is -0.0659. The number of hydrogen-bond donors (Lipinski definition) is 0. The van der Waals surface area contributed by atoms with Crippen LogP contribution in [0, 0.1) is 0 Å². The molecule has 3 rings (SSSR count). The summed E-state index contributed by atoms with van der Waals surface area (Å²) in [6, 6.07) is 9.77. The minimum absolute atomic E-state index is 0.127. The van der Waals surface area contributed by atoms with Gasteiger partial charge >= 0.3 is 0 Å². The van der Waals surface area contributed by atoms with Crippen molar-refractivity contribution in [3.63, 3.8) is 0 Å². The molecule has 2 aromatic rings. The van der Waals surface area contributed by atoms with Crippen molar-refractivity contribution in [2.75, 3.05) is 27.3 Å². The molecule has 1 aliphatic heterocycles. The number of carbonyl (C=O) groups excluding carboxylic acids is 1. The predicted octanol–water partition coefficient (Wildman–Crippen LogP) is 2.80. The Morgan fingerprint density at radius 2 is 2.21 bits per heavy atom. The van der Waals surface area contributed by atoms with Gasteiger partial charge in [0, 0.05) is 43.0 Å². The Kier molecular flexibility index (Phi) is 5.67. The summed E-state index contributed by atoms with van der Waals surface area (Å²) in [4.78, 5) is 17.2. The van der Waals surface area contributed by atoms with Crippen molar-refractivity contribution in [1.82, 2.24) is 14.3 Å². The van der Waals surface area contributed by atoms with Gasteiger partial charge in [-0.3, -0.25) is 4.79 Å². The van der Waals surface area contributed by atoms with E-state index in [0.29, 0.717) is 23.6 Å². The molecule has 128 valence electrons. The molecule has 2 unspecified atom stereocenters. The van der Waals surface area contributed by atoms with E-state index in [0.717, 1.165) is 28.9 Å². The van der Waals surface area contributed by atoms with E-state index >= 15 is 0 Å². The minimum atomic E-state index is -0.363. The molecule has 0 radical (unpaired) electrons. The highest BCUT2D eigenvalue weighted by Crippen LogP contribution is 2.28. The number of aromatic nitrogens is 2. The summed E-state index contributed by atoms with van der Waals surface area (Å²) in [5, 5.41) is 0.674. The summed E-state index contributed by atoms with van der Waals surface area (Å²) in [6.07, 6.45) is -0.531. The van der Waals surface area contributed by atoms with Crippen molar-refractivity contribution in [3.8, 4) is 5.19 Å². The van der Waals surface area contributed by atoms with Gasteiger partial charge in [-0.05, 0) is 0 Å². The van der Waals surface area contributed by atoms with E-state index < -0.39 is 0 Å². The molecule has 2 atom stereocenters. The van der Waals surface area contributed by atoms with Crippen LogP contribution in [-0.2, 0) is 9.47 Å². The largest absolute Gasteiger partial charge is 0.466 e. The van der Waals surface area contributed by atoms with E-state index in [9.17, 15) is 4.79 Å². The van der Waals surface area contributed by atoms with Crippen LogP contribution >= 0.6 is 23.3 Å². The van der Waals surface area contributed by atoms with Crippen LogP contribution in [0.15, 0.2) is 35.5 Å². The Morgan fingerprint density at radius 1 is 1.42 bits per heavy atom. The number of ether oxygens (including phenoxy) is 3. The van der Waals surface area contributed by atoms with Gasteiger partial charge in [0.1, 0.15) is 12.7 Å². The van der Waals surface area contributed by atoms with Gasteiger partial charge in [-0.1, -0.05) is 30.3 Å². The fourth-order valence-corrected chi connectivity index (χ4v) is 3.18. The molecule has 1 aromatic heterocycles. The van der Waals surface area contributed by atoms with Crippen molar-refractivity contribution < 1.29 is 19.0 Å². The second kappa shape index (κ2) is 7.93. The van der Waals surface area contributed by atoms with Crippen molar-refractivity contribution in [3.05, 3.63) is 35.9 Å². The average molecular weight is 367 g/mol. The summed E-state index contributed by atoms with van der Waals surface area (Å²) in [5.74, 6) is 0. The first kappa shape index (κ1) is 17.2. The standard InChI is InChI=1S/C15H17N3O4S2/c1-18(2)15(19)23-13-16-14(24-17-13)21-9-11-8-20-12(22-11)10-6-4-3-5-7-10/h3-7,11-12H,8-9H2,1-2H3. The zero-order chi connectivity index (χ0) is 16.9. The van der Waals surface area contributed by atoms with Gasteiger partial charge in [0.25, 0.3) is 10.4 Å². The fraction of sp³-hybridized carbons (Fsp3) is 0.400. The van der Waals surface area contributed by atoms with Crippen LogP contribution in [0.5, 0.6) is 5.19 Å². The topological polar surface area (TPSA) is 73.8 Å². The third-order valence-electron chi connectivity index (χ3n) is 3.15. The number of carbonyl (C=O) groups is 1. The van der Waals surface area contributed by atoms with E-state index in [1.807, 2.05) is 30.3 Å². The van der Waals surface area contributed by atoms with Crippen LogP contribution in [0.2, 0.25) is 0 Å². The van der Waals surface area contributed by atoms with Crippen molar-refractivity contribution >= 4 is 28.5 Å². The molecule has 0 aliphatic carbocycles. The first-order chi connectivity index (χ1) is 11.6. The number of thioether (sulfide) groups is 1. The maximum absolute atomic E-state index is 11.6. The molecule has 0 saturated carbocycles. The number of benzene rings is 1. The molecule has 1 aromatic carbocycles. The van der Waals surface area contributed by atoms with Gasteiger partial charge in [-0.25, -0.2) is 0 Å². The third-order valence-corrected chi connectivity index (χ3v) is 4.80. The highest BCUT2D eigenvalue weighted by Gasteiger charge is 2.28. The molecule has 9 heteroatoms. The average Bonchev–Trinajstić information content (AvgIpc) is 3.23. The quantitative estimate of drug-likeness (QED) is 0.752. The smallest absolute Gasteiger partial charge is 0.294 e. The molecule has 24 heavy (non-hydrogen) atoms. The lowest BCUT2D eigenvalue weighted by Gasteiger charge is -2.11. The number of amides is 1. The molecule has 0 spiro atoms. The van der Waals surface area contributed by atoms with Crippen LogP contribution in [0.25, 0.3) is 0 Å². The number of rotatable bonds is 5. The highest BCUT2D eigenvalue weighted by molar-refractivity contribution is 8.13. The van der Waals surface area contributed by atoms with E-state index in [1.165, 1.54) is 4.90 Å². The van der Waals surface area contributed by atoms with Crippen LogP contribution in [0.3, 0.4) is 0 Å². The molecular formula is C15H17N3O4S2. The van der Waals surface area contributed by atoms with Crippen molar-refractivity contribution in [2.45, 2.75) is 17.6 Å². The predicted molar refractivity (Wildman–Crippen MR) is 90.4 cm³/mol. The maximum Gasteiger partial charge on any atom is 0.294 e. The molecule has 1 aliphatic rings. The van der Waals surface area contributed by atoms with Crippen LogP contribution in [0.4, 0.5) is 4.79 Å². The minimum Gasteiger partial charge on any atom is -0.466 e. The van der Waals surface area contributed by atoms with E-state index in [2.05, 4.69) is 9.36 Å². The number of hydrogen-bond acceptors (Lipinski definition) is 8. The van der Waals surface area contributed by atoms with Gasteiger partial charge < -0.3 is 19.1 Å². The van der Waals surface area contributed by atoms with E-state index in [4.69, 9.17) is 14.2 Å². The van der Waals surface area contributed by atoms with Crippen molar-refractivity contribution in [1.29, 1.82) is 0 Å². The van der Waals surface area contributed by atoms with Crippen molar-refractivity contribution in [2.24, 2.45) is 0 Å². The summed E-state index contributed by atoms with van der Waals surface area (Å²) >= 11 is 2.08. The van der Waals surface area contributed by atoms with Crippen LogP contribution in [0.1, 0.15) is 11.9 Å². The number of nitrogens with zero attached hydrogens (tertiary/aromatic N) is 3. The highest BCUT2D eigenvalue weighted by atomic mass is 32.2. The zero-order valence-corrected chi connectivity index (χ0v) is 14.9. The molecule has 7 nitrogen and oxygen atoms in total. The summed E-state index contributed by atoms with van der Waals surface area (Å²) in [7, 11) is 3.36. The lowest BCUT2D eigenvalue weighted by atomic mass is 10.2. The molecule has 0 bridgehead atoms. The van der Waals surface area contributed by atoms with Gasteiger partial charge in [0.05, 0.1) is 6.61 Å². The van der Waals surface area contributed by atoms with E-state index in [-0.39, 0.29) is 17.6 Å². The van der Waals surface area contributed by atoms with Gasteiger partial charge in [0.15, 0.2) is 6.29 Å². The van der Waals surface area contributed by atoms with Gasteiger partial charge in [-0.2, -0.15) is 9.36 Å². The molecular weight excluding hydrogens is 350 g/mol. The second-order valence-corrected chi connectivity index (χ2v) is 6.88. The molecule has 2 heterocycles. The Labute approximate surface area is 148 Å².